The van der Waals surface area contributed by atoms with E-state index in [0.29, 0.717) is 0 Å². The first-order valence-corrected chi connectivity index (χ1v) is 6.64. The molecule has 0 aliphatic heterocycles. The van der Waals surface area contributed by atoms with E-state index in [1.165, 1.54) is 18.2 Å². The number of nitrogens with one attached hydrogen (secondary N) is 2. The highest BCUT2D eigenvalue weighted by Gasteiger charge is 2.11. The van der Waals surface area contributed by atoms with Crippen LogP contribution in [0.1, 0.15) is 0 Å². The summed E-state index contributed by atoms with van der Waals surface area (Å²) in [6.45, 7) is 0. The Morgan fingerprint density at radius 3 is 2.35 bits per heavy atom. The van der Waals surface area contributed by atoms with Crippen LogP contribution in [-0.4, -0.2) is 5.11 Å². The van der Waals surface area contributed by atoms with Gasteiger partial charge in [0, 0.05) is 10.5 Å². The van der Waals surface area contributed by atoms with E-state index in [0.717, 1.165) is 12.1 Å². The van der Waals surface area contributed by atoms with Crippen molar-refractivity contribution < 1.29 is 13.2 Å². The molecule has 2 rings (SSSR count). The molecule has 20 heavy (non-hydrogen) atoms. The Hall–Kier alpha value is -1.60. The van der Waals surface area contributed by atoms with Crippen molar-refractivity contribution in [3.8, 4) is 0 Å². The van der Waals surface area contributed by atoms with Crippen molar-refractivity contribution in [1.82, 2.24) is 0 Å². The van der Waals surface area contributed by atoms with Crippen LogP contribution >= 0.6 is 28.1 Å². The third-order valence-electron chi connectivity index (χ3n) is 2.37. The van der Waals surface area contributed by atoms with Crippen molar-refractivity contribution in [2.24, 2.45) is 0 Å². The molecule has 0 aromatic heterocycles. The molecule has 0 fully saturated rings. The molecule has 0 amide bonds. The Labute approximate surface area is 127 Å². The van der Waals surface area contributed by atoms with Gasteiger partial charge in [-0.2, -0.15) is 0 Å². The first-order chi connectivity index (χ1) is 9.47. The van der Waals surface area contributed by atoms with Crippen LogP contribution in [-0.2, 0) is 0 Å². The van der Waals surface area contributed by atoms with E-state index in [-0.39, 0.29) is 21.0 Å². The van der Waals surface area contributed by atoms with E-state index in [4.69, 9.17) is 12.2 Å². The fraction of sp³-hybridized carbons (Fsp3) is 0. The van der Waals surface area contributed by atoms with Gasteiger partial charge >= 0.3 is 0 Å². The lowest BCUT2D eigenvalue weighted by Crippen LogP contribution is -2.20. The zero-order chi connectivity index (χ0) is 14.7. The molecule has 2 nitrogen and oxygen atoms in total. The summed E-state index contributed by atoms with van der Waals surface area (Å²) in [7, 11) is 0. The maximum atomic E-state index is 13.6. The van der Waals surface area contributed by atoms with Crippen LogP contribution in [0.5, 0.6) is 0 Å². The van der Waals surface area contributed by atoms with Crippen LogP contribution in [0.2, 0.25) is 0 Å². The van der Waals surface area contributed by atoms with Crippen molar-refractivity contribution in [2.75, 3.05) is 10.6 Å². The van der Waals surface area contributed by atoms with Crippen LogP contribution in [0.15, 0.2) is 40.9 Å². The molecule has 0 unspecified atom stereocenters. The number of hydrogen-bond acceptors (Lipinski definition) is 1. The van der Waals surface area contributed by atoms with Crippen LogP contribution < -0.4 is 10.6 Å². The number of halogens is 4. The summed E-state index contributed by atoms with van der Waals surface area (Å²) in [6.07, 6.45) is 0. The molecule has 0 saturated carbocycles. The van der Waals surface area contributed by atoms with Crippen LogP contribution in [0.3, 0.4) is 0 Å². The molecule has 0 bridgehead atoms. The maximum absolute atomic E-state index is 13.6. The molecular formula is C13H8BrF3N2S. The minimum absolute atomic E-state index is 0.0127. The summed E-state index contributed by atoms with van der Waals surface area (Å²) in [5.74, 6) is -2.02. The number of para-hydroxylation sites is 1. The SMILES string of the molecule is Fc1cc(F)c(NC(=S)Nc2ccccc2F)c(Br)c1. The Morgan fingerprint density at radius 1 is 1.00 bits per heavy atom. The van der Waals surface area contributed by atoms with Gasteiger partial charge in [0.15, 0.2) is 10.9 Å². The number of rotatable bonds is 2. The molecule has 0 heterocycles. The smallest absolute Gasteiger partial charge is 0.175 e. The van der Waals surface area contributed by atoms with Gasteiger partial charge in [-0.05, 0) is 46.3 Å². The average molecular weight is 361 g/mol. The molecule has 0 spiro atoms. The Morgan fingerprint density at radius 2 is 1.70 bits per heavy atom. The van der Waals surface area contributed by atoms with Gasteiger partial charge in [-0.15, -0.1) is 0 Å². The van der Waals surface area contributed by atoms with Crippen LogP contribution in [0, 0.1) is 17.5 Å². The normalized spacial score (nSPS) is 10.2. The van der Waals surface area contributed by atoms with Gasteiger partial charge in [-0.1, -0.05) is 12.1 Å². The standard InChI is InChI=1S/C13H8BrF3N2S/c14-8-5-7(15)6-10(17)12(8)19-13(20)18-11-4-2-1-3-9(11)16/h1-6H,(H2,18,19,20). The highest BCUT2D eigenvalue weighted by molar-refractivity contribution is 9.10. The first kappa shape index (κ1) is 14.8. The van der Waals surface area contributed by atoms with Gasteiger partial charge in [0.1, 0.15) is 11.6 Å². The summed E-state index contributed by atoms with van der Waals surface area (Å²) >= 11 is 7.98. The second kappa shape index (κ2) is 6.23. The summed E-state index contributed by atoms with van der Waals surface area (Å²) in [6, 6.07) is 7.73. The third-order valence-corrected chi connectivity index (χ3v) is 3.20. The fourth-order valence-corrected chi connectivity index (χ4v) is 2.21. The largest absolute Gasteiger partial charge is 0.330 e. The van der Waals surface area contributed by atoms with Crippen LogP contribution in [0.4, 0.5) is 24.5 Å². The number of benzene rings is 2. The molecule has 0 radical (unpaired) electrons. The minimum atomic E-state index is -0.811. The zero-order valence-electron chi connectivity index (χ0n) is 9.88. The van der Waals surface area contributed by atoms with Crippen molar-refractivity contribution in [2.45, 2.75) is 0 Å². The van der Waals surface area contributed by atoms with Gasteiger partial charge in [0.2, 0.25) is 0 Å². The monoisotopic (exact) mass is 360 g/mol. The van der Waals surface area contributed by atoms with E-state index >= 15 is 0 Å². The highest BCUT2D eigenvalue weighted by atomic mass is 79.9. The second-order valence-corrected chi connectivity index (χ2v) is 5.07. The van der Waals surface area contributed by atoms with Crippen molar-refractivity contribution in [3.05, 3.63) is 58.3 Å². The average Bonchev–Trinajstić information content (AvgIpc) is 2.36. The Balaban J connectivity index is 2.15. The molecule has 0 aliphatic rings. The molecule has 0 saturated heterocycles. The maximum Gasteiger partial charge on any atom is 0.175 e. The highest BCUT2D eigenvalue weighted by Crippen LogP contribution is 2.27. The predicted octanol–water partition coefficient (Wildman–Crippen LogP) is 4.68. The van der Waals surface area contributed by atoms with Crippen molar-refractivity contribution in [3.63, 3.8) is 0 Å². The molecule has 2 aromatic rings. The molecular weight excluding hydrogens is 353 g/mol. The van der Waals surface area contributed by atoms with E-state index in [2.05, 4.69) is 26.6 Å². The molecule has 104 valence electrons. The molecule has 0 atom stereocenters. The van der Waals surface area contributed by atoms with E-state index in [9.17, 15) is 13.2 Å². The topological polar surface area (TPSA) is 24.1 Å². The van der Waals surface area contributed by atoms with E-state index in [1.807, 2.05) is 0 Å². The predicted molar refractivity (Wildman–Crippen MR) is 80.3 cm³/mol. The Bertz CT molecular complexity index is 641. The number of thiocarbonyl (C=S) groups is 1. The fourth-order valence-electron chi connectivity index (χ4n) is 1.49. The minimum Gasteiger partial charge on any atom is -0.330 e. The van der Waals surface area contributed by atoms with Gasteiger partial charge < -0.3 is 10.6 Å². The number of hydrogen-bond donors (Lipinski definition) is 2. The first-order valence-electron chi connectivity index (χ1n) is 5.44. The second-order valence-electron chi connectivity index (χ2n) is 3.80. The van der Waals surface area contributed by atoms with Gasteiger partial charge in [0.25, 0.3) is 0 Å². The molecule has 7 heteroatoms. The van der Waals surface area contributed by atoms with Gasteiger partial charge in [-0.25, -0.2) is 13.2 Å². The summed E-state index contributed by atoms with van der Waals surface area (Å²) in [5.41, 5.74) is 0.129. The van der Waals surface area contributed by atoms with E-state index < -0.39 is 17.5 Å². The third kappa shape index (κ3) is 3.49. The summed E-state index contributed by atoms with van der Waals surface area (Å²) in [5, 5.41) is 5.13. The lowest BCUT2D eigenvalue weighted by molar-refractivity contribution is 0.585. The zero-order valence-corrected chi connectivity index (χ0v) is 12.3. The lowest BCUT2D eigenvalue weighted by Gasteiger charge is -2.13. The lowest BCUT2D eigenvalue weighted by atomic mass is 10.3. The van der Waals surface area contributed by atoms with Crippen LogP contribution in [0.25, 0.3) is 0 Å². The summed E-state index contributed by atoms with van der Waals surface area (Å²) in [4.78, 5) is 0. The van der Waals surface area contributed by atoms with Crippen molar-refractivity contribution >= 4 is 44.6 Å². The molecule has 2 aromatic carbocycles. The Kier molecular flexibility index (Phi) is 4.61. The quantitative estimate of drug-likeness (QED) is 0.760. The van der Waals surface area contributed by atoms with Crippen molar-refractivity contribution in [1.29, 1.82) is 0 Å². The van der Waals surface area contributed by atoms with Gasteiger partial charge in [0.05, 0.1) is 11.4 Å². The summed E-state index contributed by atoms with van der Waals surface area (Å²) < 4.78 is 40.1. The van der Waals surface area contributed by atoms with E-state index in [1.54, 1.807) is 6.07 Å². The molecule has 0 aliphatic carbocycles. The number of anilines is 2. The van der Waals surface area contributed by atoms with Gasteiger partial charge in [-0.3, -0.25) is 0 Å². The molecule has 2 N–H and O–H groups in total.